The maximum atomic E-state index is 9.47. The van der Waals surface area contributed by atoms with Crippen molar-refractivity contribution in [2.75, 3.05) is 0 Å². The minimum absolute atomic E-state index is 0.468. The molecule has 0 rings (SSSR count). The van der Waals surface area contributed by atoms with Crippen LogP contribution in [-0.4, -0.2) is 14.0 Å². The summed E-state index contributed by atoms with van der Waals surface area (Å²) in [4.78, 5) is 9.47. The Labute approximate surface area is 31.6 Å². The van der Waals surface area contributed by atoms with E-state index in [9.17, 15) is 4.79 Å². The molecule has 0 aromatic carbocycles. The molecule has 0 heterocycles. The van der Waals surface area contributed by atoms with Gasteiger partial charge < -0.3 is 12.7 Å². The topological polar surface area (TPSA) is 26.3 Å². The van der Waals surface area contributed by atoms with Crippen molar-refractivity contribution >= 4 is 14.0 Å². The van der Waals surface area contributed by atoms with Crippen LogP contribution in [0.3, 0.4) is 0 Å². The predicted octanol–water partition coefficient (Wildman–Crippen LogP) is -0.367. The Morgan fingerprint density at radius 1 is 2.00 bits per heavy atom. The second-order valence-corrected chi connectivity index (χ2v) is 0.609. The van der Waals surface area contributed by atoms with Gasteiger partial charge >= 0.3 is 0 Å². The van der Waals surface area contributed by atoms with Crippen LogP contribution in [-0.2, 0) is 9.45 Å². The lowest BCUT2D eigenvalue weighted by Crippen LogP contribution is -1.90. The first-order chi connectivity index (χ1) is 2.27. The Balaban J connectivity index is 2.85. The van der Waals surface area contributed by atoms with Gasteiger partial charge in [0.25, 0.3) is 0 Å². The van der Waals surface area contributed by atoms with Gasteiger partial charge in [0.1, 0.15) is 0 Å². The molecular formula is C2H3BO2-. The molecule has 0 aromatic rings. The normalized spacial score (nSPS) is 6.80. The molecule has 0 aliphatic rings. The maximum Gasteiger partial charge on any atom is 0.247 e. The average molecular weight is 69.9 g/mol. The van der Waals surface area contributed by atoms with Gasteiger partial charge in [-0.3, -0.25) is 4.79 Å². The minimum Gasteiger partial charge on any atom is -0.793 e. The third kappa shape index (κ3) is 3.53. The Kier molecular flexibility index (Phi) is 1.65. The molecule has 3 heteroatoms. The van der Waals surface area contributed by atoms with E-state index >= 15 is 0 Å². The summed E-state index contributed by atoms with van der Waals surface area (Å²) in [5, 5.41) is 0. The molecule has 0 bridgehead atoms. The van der Waals surface area contributed by atoms with Crippen LogP contribution in [0.2, 0.25) is 0 Å². The highest BCUT2D eigenvalue weighted by Gasteiger charge is 1.65. The van der Waals surface area contributed by atoms with Crippen LogP contribution < -0.4 is 0 Å². The molecule has 0 aliphatic carbocycles. The van der Waals surface area contributed by atoms with Gasteiger partial charge in [0.15, 0.2) is 0 Å². The first kappa shape index (κ1) is 4.53. The third-order valence-electron chi connectivity index (χ3n) is 0.166. The minimum atomic E-state index is -0.468. The molecule has 0 aromatic heterocycles. The van der Waals surface area contributed by atoms with Crippen molar-refractivity contribution < 1.29 is 9.45 Å². The summed E-state index contributed by atoms with van der Waals surface area (Å²) < 4.78 is 3.61. The summed E-state index contributed by atoms with van der Waals surface area (Å²) in [6.07, 6.45) is 0. The molecule has 0 aliphatic heterocycles. The van der Waals surface area contributed by atoms with E-state index in [0.29, 0.717) is 0 Å². The van der Waals surface area contributed by atoms with E-state index in [0.717, 1.165) is 0 Å². The van der Waals surface area contributed by atoms with Gasteiger partial charge in [-0.15, -0.1) is 0 Å². The largest absolute Gasteiger partial charge is 0.793 e. The molecular weight excluding hydrogens is 66.8 g/mol. The first-order valence-electron chi connectivity index (χ1n) is 1.14. The Morgan fingerprint density at radius 3 is 2.20 bits per heavy atom. The fourth-order valence-corrected chi connectivity index (χ4v) is 0. The van der Waals surface area contributed by atoms with Crippen molar-refractivity contribution in [3.8, 4) is 0 Å². The Hall–Kier alpha value is -0.465. The van der Waals surface area contributed by atoms with E-state index in [1.54, 1.807) is 0 Å². The molecule has 0 atom stereocenters. The second kappa shape index (κ2) is 1.82. The van der Waals surface area contributed by atoms with Gasteiger partial charge in [-0.2, -0.15) is 0 Å². The predicted molar refractivity (Wildman–Crippen MR) is 17.5 cm³/mol. The van der Waals surface area contributed by atoms with Crippen LogP contribution in [0.5, 0.6) is 0 Å². The van der Waals surface area contributed by atoms with Crippen molar-refractivity contribution in [1.82, 2.24) is 0 Å². The highest BCUT2D eigenvalue weighted by Crippen LogP contribution is 1.58. The number of rotatable bonds is 0. The highest BCUT2D eigenvalue weighted by atomic mass is 16.5. The molecule has 0 saturated carbocycles. The second-order valence-electron chi connectivity index (χ2n) is 0.609. The van der Waals surface area contributed by atoms with Crippen molar-refractivity contribution in [3.05, 3.63) is 0 Å². The lowest BCUT2D eigenvalue weighted by molar-refractivity contribution is -0.131. The van der Waals surface area contributed by atoms with Crippen molar-refractivity contribution in [1.29, 1.82) is 0 Å². The first-order valence-corrected chi connectivity index (χ1v) is 1.14. The zero-order valence-corrected chi connectivity index (χ0v) is 2.89. The van der Waals surface area contributed by atoms with Crippen LogP contribution in [0, 0.1) is 0 Å². The van der Waals surface area contributed by atoms with E-state index in [4.69, 9.17) is 0 Å². The molecule has 27 valence electrons. The average Bonchev–Trinajstić information content (AvgIpc) is 1.38. The molecule has 0 saturated heterocycles. The SMILES string of the molecule is [B-]OC(C)=O. The molecule has 5 heavy (non-hydrogen) atoms. The summed E-state index contributed by atoms with van der Waals surface area (Å²) in [7, 11) is 4.32. The summed E-state index contributed by atoms with van der Waals surface area (Å²) >= 11 is 0. The van der Waals surface area contributed by atoms with Gasteiger partial charge in [-0.25, -0.2) is 0 Å². The van der Waals surface area contributed by atoms with E-state index < -0.39 is 5.97 Å². The lowest BCUT2D eigenvalue weighted by atomic mass is 10.6. The summed E-state index contributed by atoms with van der Waals surface area (Å²) in [6, 6.07) is 0. The standard InChI is InChI=1S/C2H3BO2/c1-2(4)5-3/h1H3/q-1. The van der Waals surface area contributed by atoms with E-state index in [1.165, 1.54) is 6.92 Å². The molecule has 0 N–H and O–H groups in total. The van der Waals surface area contributed by atoms with Crippen LogP contribution in [0.1, 0.15) is 6.92 Å². The number of carbonyl (C=O) groups is 1. The van der Waals surface area contributed by atoms with Crippen molar-refractivity contribution in [3.63, 3.8) is 0 Å². The van der Waals surface area contributed by atoms with Crippen LogP contribution in [0.15, 0.2) is 0 Å². The number of hydrogen-bond donors (Lipinski definition) is 0. The van der Waals surface area contributed by atoms with E-state index in [1.807, 2.05) is 0 Å². The Bertz CT molecular complexity index is 42.9. The number of hydrogen-bond acceptors (Lipinski definition) is 2. The van der Waals surface area contributed by atoms with Crippen LogP contribution in [0.4, 0.5) is 0 Å². The highest BCUT2D eigenvalue weighted by molar-refractivity contribution is 6.04. The van der Waals surface area contributed by atoms with Gasteiger partial charge in [0.05, 0.1) is 0 Å². The molecule has 0 unspecified atom stereocenters. The van der Waals surface area contributed by atoms with Crippen LogP contribution in [0.25, 0.3) is 0 Å². The number of carbonyl (C=O) groups excluding carboxylic acids is 1. The summed E-state index contributed by atoms with van der Waals surface area (Å²) in [5.74, 6) is -0.468. The fraction of sp³-hybridized carbons (Fsp3) is 0.500. The zero-order chi connectivity index (χ0) is 4.28. The molecule has 2 nitrogen and oxygen atoms in total. The van der Waals surface area contributed by atoms with Gasteiger partial charge in [-0.05, 0) is 0 Å². The third-order valence-corrected chi connectivity index (χ3v) is 0.166. The smallest absolute Gasteiger partial charge is 0.247 e. The van der Waals surface area contributed by atoms with Crippen molar-refractivity contribution in [2.24, 2.45) is 0 Å². The maximum absolute atomic E-state index is 9.47. The van der Waals surface area contributed by atoms with E-state index in [-0.39, 0.29) is 0 Å². The van der Waals surface area contributed by atoms with E-state index in [2.05, 4.69) is 12.7 Å². The molecule has 0 fully saturated rings. The van der Waals surface area contributed by atoms with Gasteiger partial charge in [-0.1, -0.05) is 0 Å². The quantitative estimate of drug-likeness (QED) is 0.363. The van der Waals surface area contributed by atoms with Crippen molar-refractivity contribution in [2.45, 2.75) is 6.92 Å². The molecule has 0 spiro atoms. The molecule has 3 radical (unpaired) electrons. The van der Waals surface area contributed by atoms with Crippen LogP contribution >= 0.6 is 0 Å². The molecule has 0 amide bonds. The summed E-state index contributed by atoms with van der Waals surface area (Å²) in [5.41, 5.74) is 0. The summed E-state index contributed by atoms with van der Waals surface area (Å²) in [6.45, 7) is 1.24. The van der Waals surface area contributed by atoms with Gasteiger partial charge in [0, 0.05) is 6.92 Å². The fourth-order valence-electron chi connectivity index (χ4n) is 0. The monoisotopic (exact) mass is 70.0 g/mol. The lowest BCUT2D eigenvalue weighted by Gasteiger charge is -2.04. The Morgan fingerprint density at radius 2 is 2.20 bits per heavy atom. The van der Waals surface area contributed by atoms with Gasteiger partial charge in [0.2, 0.25) is 5.97 Å². The zero-order valence-electron chi connectivity index (χ0n) is 2.89.